The summed E-state index contributed by atoms with van der Waals surface area (Å²) in [5.74, 6) is 0.667. The van der Waals surface area contributed by atoms with E-state index in [2.05, 4.69) is 6.58 Å². The predicted molar refractivity (Wildman–Crippen MR) is 47.0 cm³/mol. The molecule has 4 heteroatoms. The van der Waals surface area contributed by atoms with Gasteiger partial charge < -0.3 is 10.5 Å². The third kappa shape index (κ3) is 11.1. The fourth-order valence-electron chi connectivity index (χ4n) is 0.157. The lowest BCUT2D eigenvalue weighted by atomic mass is 10.6. The molecule has 2 N–H and O–H groups in total. The number of alkyl halides is 1. The topological polar surface area (TPSA) is 38.5 Å². The van der Waals surface area contributed by atoms with Crippen molar-refractivity contribution in [2.45, 2.75) is 6.10 Å². The van der Waals surface area contributed by atoms with E-state index in [1.54, 1.807) is 6.08 Å². The summed E-state index contributed by atoms with van der Waals surface area (Å²) in [6, 6.07) is 0. The Hall–Kier alpha value is 0.240. The van der Waals surface area contributed by atoms with E-state index in [4.69, 9.17) is 22.1 Å². The fraction of sp³-hybridized carbons (Fsp3) is 0.667. The first-order valence-corrected chi connectivity index (χ1v) is 3.37. The molecule has 1 fully saturated rings. The molecular formula is C6H13Cl2NO. The second kappa shape index (κ2) is 9.24. The molecule has 0 saturated carbocycles. The van der Waals surface area contributed by atoms with Crippen molar-refractivity contribution in [2.75, 3.05) is 19.0 Å². The zero-order valence-electron chi connectivity index (χ0n) is 5.75. The molecule has 0 radical (unpaired) electrons. The molecule has 0 spiro atoms. The van der Waals surface area contributed by atoms with Gasteiger partial charge in [-0.3, -0.25) is 0 Å². The zero-order chi connectivity index (χ0) is 7.11. The van der Waals surface area contributed by atoms with E-state index >= 15 is 0 Å². The van der Waals surface area contributed by atoms with Crippen molar-refractivity contribution in [1.82, 2.24) is 0 Å². The quantitative estimate of drug-likeness (QED) is 0.399. The molecule has 1 aliphatic rings. The third-order valence-electron chi connectivity index (χ3n) is 0.741. The van der Waals surface area contributed by atoms with Gasteiger partial charge in [-0.15, -0.1) is 30.6 Å². The molecule has 0 aliphatic carbocycles. The lowest BCUT2D eigenvalue weighted by Gasteiger charge is -1.67. The summed E-state index contributed by atoms with van der Waals surface area (Å²) in [6.45, 7) is 4.82. The third-order valence-corrected chi connectivity index (χ3v) is 1.09. The molecule has 1 aliphatic heterocycles. The van der Waals surface area contributed by atoms with Crippen molar-refractivity contribution in [1.29, 1.82) is 0 Å². The Morgan fingerprint density at radius 3 is 2.20 bits per heavy atom. The highest BCUT2D eigenvalue weighted by Gasteiger charge is 2.19. The lowest BCUT2D eigenvalue weighted by molar-refractivity contribution is 0.425. The maximum Gasteiger partial charge on any atom is 0.0944 e. The number of ether oxygens (including phenoxy) is 1. The Morgan fingerprint density at radius 2 is 2.20 bits per heavy atom. The fourth-order valence-corrected chi connectivity index (χ4v) is 0.335. The molecule has 0 aromatic heterocycles. The summed E-state index contributed by atoms with van der Waals surface area (Å²) >= 11 is 5.27. The van der Waals surface area contributed by atoms with Crippen LogP contribution in [0.25, 0.3) is 0 Å². The number of rotatable bonds is 2. The molecule has 10 heavy (non-hydrogen) atoms. The Bertz CT molecular complexity index is 76.1. The van der Waals surface area contributed by atoms with E-state index in [1.165, 1.54) is 0 Å². The first-order valence-electron chi connectivity index (χ1n) is 2.83. The van der Waals surface area contributed by atoms with Gasteiger partial charge in [-0.1, -0.05) is 6.08 Å². The van der Waals surface area contributed by atoms with E-state index in [0.717, 1.165) is 6.61 Å². The van der Waals surface area contributed by atoms with Crippen molar-refractivity contribution in [3.8, 4) is 0 Å². The molecule has 1 heterocycles. The van der Waals surface area contributed by atoms with Crippen molar-refractivity contribution < 1.29 is 4.74 Å². The normalized spacial score (nSPS) is 19.6. The maximum absolute atomic E-state index is 5.27. The van der Waals surface area contributed by atoms with Crippen LogP contribution in [-0.2, 0) is 4.74 Å². The summed E-state index contributed by atoms with van der Waals surface area (Å²) < 4.78 is 4.73. The van der Waals surface area contributed by atoms with Crippen molar-refractivity contribution in [3.05, 3.63) is 12.7 Å². The van der Waals surface area contributed by atoms with Gasteiger partial charge in [0.15, 0.2) is 0 Å². The van der Waals surface area contributed by atoms with Gasteiger partial charge in [0, 0.05) is 6.54 Å². The first-order chi connectivity index (χ1) is 4.35. The number of halogens is 2. The minimum atomic E-state index is 0. The van der Waals surface area contributed by atoms with Crippen molar-refractivity contribution in [3.63, 3.8) is 0 Å². The Morgan fingerprint density at radius 1 is 1.80 bits per heavy atom. The van der Waals surface area contributed by atoms with Crippen LogP contribution in [-0.4, -0.2) is 25.1 Å². The minimum Gasteiger partial charge on any atom is -0.372 e. The molecule has 0 aromatic carbocycles. The zero-order valence-corrected chi connectivity index (χ0v) is 7.33. The second-order valence-corrected chi connectivity index (χ2v) is 1.94. The van der Waals surface area contributed by atoms with Crippen LogP contribution in [0.5, 0.6) is 0 Å². The van der Waals surface area contributed by atoms with Crippen LogP contribution in [0.15, 0.2) is 12.7 Å². The minimum absolute atomic E-state index is 0. The maximum atomic E-state index is 5.27. The van der Waals surface area contributed by atoms with E-state index in [9.17, 15) is 0 Å². The van der Waals surface area contributed by atoms with E-state index in [0.29, 0.717) is 18.5 Å². The van der Waals surface area contributed by atoms with Gasteiger partial charge >= 0.3 is 0 Å². The number of hydrogen-bond acceptors (Lipinski definition) is 2. The van der Waals surface area contributed by atoms with E-state index in [-0.39, 0.29) is 12.4 Å². The molecule has 0 aromatic rings. The molecule has 0 amide bonds. The van der Waals surface area contributed by atoms with Crippen LogP contribution in [0.4, 0.5) is 0 Å². The molecule has 2 nitrogen and oxygen atoms in total. The lowest BCUT2D eigenvalue weighted by Crippen LogP contribution is -1.90. The molecule has 1 unspecified atom stereocenters. The van der Waals surface area contributed by atoms with Crippen LogP contribution in [0.2, 0.25) is 0 Å². The summed E-state index contributed by atoms with van der Waals surface area (Å²) in [7, 11) is 0. The number of nitrogens with two attached hydrogens (primary N) is 1. The molecule has 1 rings (SSSR count). The molecule has 1 atom stereocenters. The van der Waals surface area contributed by atoms with Gasteiger partial charge in [0.2, 0.25) is 0 Å². The Labute approximate surface area is 72.8 Å². The molecule has 0 bridgehead atoms. The highest BCUT2D eigenvalue weighted by molar-refractivity contribution is 6.18. The summed E-state index contributed by atoms with van der Waals surface area (Å²) in [6.07, 6.45) is 2.05. The Kier molecular flexibility index (Phi) is 11.9. The van der Waals surface area contributed by atoms with Crippen LogP contribution in [0.1, 0.15) is 0 Å². The molecular weight excluding hydrogens is 173 g/mol. The predicted octanol–water partition coefficient (Wildman–Crippen LogP) is 1.18. The van der Waals surface area contributed by atoms with Crippen LogP contribution in [0.3, 0.4) is 0 Å². The van der Waals surface area contributed by atoms with E-state index in [1.807, 2.05) is 0 Å². The summed E-state index contributed by atoms with van der Waals surface area (Å²) in [4.78, 5) is 0. The molecule has 1 saturated heterocycles. The largest absolute Gasteiger partial charge is 0.372 e. The number of epoxide rings is 1. The van der Waals surface area contributed by atoms with Gasteiger partial charge in [0.1, 0.15) is 0 Å². The van der Waals surface area contributed by atoms with Gasteiger partial charge in [-0.2, -0.15) is 0 Å². The Balaban J connectivity index is 0. The van der Waals surface area contributed by atoms with Crippen LogP contribution < -0.4 is 5.73 Å². The van der Waals surface area contributed by atoms with E-state index < -0.39 is 0 Å². The highest BCUT2D eigenvalue weighted by atomic mass is 35.5. The average Bonchev–Trinajstić information content (AvgIpc) is 2.70. The van der Waals surface area contributed by atoms with Crippen LogP contribution >= 0.6 is 24.0 Å². The van der Waals surface area contributed by atoms with Crippen molar-refractivity contribution >= 4 is 24.0 Å². The highest BCUT2D eigenvalue weighted by Crippen LogP contribution is 2.08. The monoisotopic (exact) mass is 185 g/mol. The molecule has 62 valence electrons. The SMILES string of the molecule is C=CCN.Cl.ClCC1CO1. The average molecular weight is 186 g/mol. The van der Waals surface area contributed by atoms with Crippen molar-refractivity contribution in [2.24, 2.45) is 5.73 Å². The van der Waals surface area contributed by atoms with Gasteiger partial charge in [0.25, 0.3) is 0 Å². The van der Waals surface area contributed by atoms with Gasteiger partial charge in [0.05, 0.1) is 18.6 Å². The second-order valence-electron chi connectivity index (χ2n) is 1.63. The summed E-state index contributed by atoms with van der Waals surface area (Å²) in [5.41, 5.74) is 4.91. The number of hydrogen-bond donors (Lipinski definition) is 1. The summed E-state index contributed by atoms with van der Waals surface area (Å²) in [5, 5.41) is 0. The smallest absolute Gasteiger partial charge is 0.0944 e. The van der Waals surface area contributed by atoms with Crippen LogP contribution in [0, 0.1) is 0 Å². The van der Waals surface area contributed by atoms with Gasteiger partial charge in [-0.25, -0.2) is 0 Å². The first kappa shape index (κ1) is 12.9. The van der Waals surface area contributed by atoms with Gasteiger partial charge in [-0.05, 0) is 0 Å². The standard InChI is InChI=1S/C3H5ClO.C3H7N.ClH/c4-1-3-2-5-3;1-2-3-4;/h3H,1-2H2;2H,1,3-4H2;1H.